The van der Waals surface area contributed by atoms with Crippen molar-refractivity contribution in [1.29, 1.82) is 0 Å². The number of rotatable bonds is 5. The van der Waals surface area contributed by atoms with Gasteiger partial charge in [-0.15, -0.1) is 0 Å². The van der Waals surface area contributed by atoms with E-state index in [1.165, 1.54) is 0 Å². The molecule has 1 saturated heterocycles. The molecular formula is C13H18FN5O2. The molecule has 1 N–H and O–H groups in total. The number of aryl methyl sites for hydroxylation is 2. The van der Waals surface area contributed by atoms with Gasteiger partial charge in [0, 0.05) is 24.8 Å². The first-order valence-electron chi connectivity index (χ1n) is 6.95. The van der Waals surface area contributed by atoms with Crippen molar-refractivity contribution in [2.24, 2.45) is 0 Å². The Balaban J connectivity index is 1.72. The highest BCUT2D eigenvalue weighted by Gasteiger charge is 2.35. The molecule has 2 aromatic heterocycles. The molecule has 7 nitrogen and oxygen atoms in total. The summed E-state index contributed by atoms with van der Waals surface area (Å²) in [5, 5.41) is 17.8. The fourth-order valence-corrected chi connectivity index (χ4v) is 2.69. The number of β-amino-alcohol motifs (C(OH)–C–C–N with tert-alkyl or cyclic N) is 1. The molecule has 1 fully saturated rings. The van der Waals surface area contributed by atoms with Crippen LogP contribution in [0.1, 0.15) is 29.7 Å². The molecule has 0 amide bonds. The predicted molar refractivity (Wildman–Crippen MR) is 71.0 cm³/mol. The molecule has 3 rings (SSSR count). The number of aliphatic hydroxyl groups is 1. The SMILES string of the molecule is Cc1noc([C@H]2C[C@@H](O)CN2Cc2cnn(CCF)c2)n1. The molecule has 8 heteroatoms. The zero-order valence-corrected chi connectivity index (χ0v) is 11.8. The smallest absolute Gasteiger partial charge is 0.244 e. The van der Waals surface area contributed by atoms with E-state index in [0.29, 0.717) is 31.2 Å². The summed E-state index contributed by atoms with van der Waals surface area (Å²) in [5.74, 6) is 1.11. The van der Waals surface area contributed by atoms with Crippen LogP contribution >= 0.6 is 0 Å². The van der Waals surface area contributed by atoms with Crippen molar-refractivity contribution >= 4 is 0 Å². The van der Waals surface area contributed by atoms with Crippen LogP contribution in [0, 0.1) is 6.92 Å². The van der Waals surface area contributed by atoms with E-state index in [2.05, 4.69) is 20.1 Å². The fraction of sp³-hybridized carbons (Fsp3) is 0.615. The van der Waals surface area contributed by atoms with Gasteiger partial charge in [0.25, 0.3) is 0 Å². The number of alkyl halides is 1. The average molecular weight is 295 g/mol. The Bertz CT molecular complexity index is 599. The highest BCUT2D eigenvalue weighted by atomic mass is 19.1. The summed E-state index contributed by atoms with van der Waals surface area (Å²) in [6.45, 7) is 2.74. The number of likely N-dealkylation sites (tertiary alicyclic amines) is 1. The minimum atomic E-state index is -0.437. The maximum absolute atomic E-state index is 12.3. The Kier molecular flexibility index (Phi) is 3.98. The molecule has 0 saturated carbocycles. The van der Waals surface area contributed by atoms with Crippen LogP contribution in [-0.2, 0) is 13.1 Å². The number of aromatic nitrogens is 4. The minimum Gasteiger partial charge on any atom is -0.392 e. The van der Waals surface area contributed by atoms with Gasteiger partial charge in [-0.25, -0.2) is 4.39 Å². The van der Waals surface area contributed by atoms with Gasteiger partial charge in [-0.3, -0.25) is 9.58 Å². The Morgan fingerprint density at radius 3 is 3.10 bits per heavy atom. The lowest BCUT2D eigenvalue weighted by molar-refractivity contribution is 0.169. The van der Waals surface area contributed by atoms with Gasteiger partial charge in [-0.05, 0) is 13.3 Å². The Hall–Kier alpha value is -1.80. The highest BCUT2D eigenvalue weighted by molar-refractivity contribution is 5.07. The van der Waals surface area contributed by atoms with Gasteiger partial charge in [0.1, 0.15) is 6.67 Å². The van der Waals surface area contributed by atoms with Gasteiger partial charge in [-0.2, -0.15) is 10.1 Å². The molecule has 0 aromatic carbocycles. The van der Waals surface area contributed by atoms with Crippen molar-refractivity contribution in [1.82, 2.24) is 24.8 Å². The lowest BCUT2D eigenvalue weighted by Gasteiger charge is -2.20. The van der Waals surface area contributed by atoms with Crippen LogP contribution in [0.2, 0.25) is 0 Å². The lowest BCUT2D eigenvalue weighted by atomic mass is 10.2. The van der Waals surface area contributed by atoms with Crippen molar-refractivity contribution in [2.45, 2.75) is 38.6 Å². The number of hydrogen-bond donors (Lipinski definition) is 1. The van der Waals surface area contributed by atoms with E-state index in [1.54, 1.807) is 17.8 Å². The molecule has 2 atom stereocenters. The molecule has 1 aliphatic heterocycles. The van der Waals surface area contributed by atoms with Crippen molar-refractivity contribution in [2.75, 3.05) is 13.2 Å². The maximum Gasteiger partial charge on any atom is 0.244 e. The van der Waals surface area contributed by atoms with Gasteiger partial charge < -0.3 is 9.63 Å². The zero-order valence-electron chi connectivity index (χ0n) is 11.8. The molecule has 0 bridgehead atoms. The van der Waals surface area contributed by atoms with E-state index < -0.39 is 12.8 Å². The molecule has 3 heterocycles. The van der Waals surface area contributed by atoms with Crippen LogP contribution in [0.15, 0.2) is 16.9 Å². The first-order chi connectivity index (χ1) is 10.2. The Morgan fingerprint density at radius 1 is 1.52 bits per heavy atom. The van der Waals surface area contributed by atoms with Crippen LogP contribution in [-0.4, -0.2) is 49.3 Å². The second-order valence-corrected chi connectivity index (χ2v) is 5.32. The molecule has 0 radical (unpaired) electrons. The third-order valence-electron chi connectivity index (χ3n) is 3.60. The minimum absolute atomic E-state index is 0.0919. The molecule has 0 spiro atoms. The normalized spacial score (nSPS) is 23.0. The van der Waals surface area contributed by atoms with Crippen LogP contribution in [0.5, 0.6) is 0 Å². The van der Waals surface area contributed by atoms with Gasteiger partial charge in [0.05, 0.1) is 24.9 Å². The maximum atomic E-state index is 12.3. The van der Waals surface area contributed by atoms with Crippen molar-refractivity contribution in [3.63, 3.8) is 0 Å². The summed E-state index contributed by atoms with van der Waals surface area (Å²) in [6, 6.07) is -0.0919. The molecule has 2 aromatic rings. The number of nitrogens with zero attached hydrogens (tertiary/aromatic N) is 5. The third-order valence-corrected chi connectivity index (χ3v) is 3.60. The summed E-state index contributed by atoms with van der Waals surface area (Å²) in [4.78, 5) is 6.33. The van der Waals surface area contributed by atoms with E-state index in [-0.39, 0.29) is 12.6 Å². The topological polar surface area (TPSA) is 80.2 Å². The highest BCUT2D eigenvalue weighted by Crippen LogP contribution is 2.32. The quantitative estimate of drug-likeness (QED) is 0.881. The standard InChI is InChI=1S/C13H18FN5O2/c1-9-16-13(21-17-9)12-4-11(20)8-18(12)6-10-5-15-19(7-10)3-2-14/h5,7,11-12,20H,2-4,6,8H2,1H3/t11-,12-/m1/s1. The second kappa shape index (κ2) is 5.90. The number of aliphatic hydroxyl groups excluding tert-OH is 1. The summed E-state index contributed by atoms with van der Waals surface area (Å²) < 4.78 is 19.1. The first kappa shape index (κ1) is 14.2. The molecule has 114 valence electrons. The third kappa shape index (κ3) is 3.11. The van der Waals surface area contributed by atoms with Crippen molar-refractivity contribution < 1.29 is 14.0 Å². The Labute approximate surface area is 121 Å². The van der Waals surface area contributed by atoms with Gasteiger partial charge >= 0.3 is 0 Å². The zero-order chi connectivity index (χ0) is 14.8. The van der Waals surface area contributed by atoms with Gasteiger partial charge in [0.15, 0.2) is 5.82 Å². The second-order valence-electron chi connectivity index (χ2n) is 5.32. The molecule has 21 heavy (non-hydrogen) atoms. The largest absolute Gasteiger partial charge is 0.392 e. The fourth-order valence-electron chi connectivity index (χ4n) is 2.69. The van der Waals surface area contributed by atoms with Crippen LogP contribution in [0.4, 0.5) is 4.39 Å². The van der Waals surface area contributed by atoms with Crippen molar-refractivity contribution in [3.05, 3.63) is 29.7 Å². The van der Waals surface area contributed by atoms with E-state index in [9.17, 15) is 9.50 Å². The van der Waals surface area contributed by atoms with Crippen molar-refractivity contribution in [3.8, 4) is 0 Å². The monoisotopic (exact) mass is 295 g/mol. The molecule has 0 aliphatic carbocycles. The number of hydrogen-bond acceptors (Lipinski definition) is 6. The number of halogens is 1. The van der Waals surface area contributed by atoms with Gasteiger partial charge in [0.2, 0.25) is 5.89 Å². The molecular weight excluding hydrogens is 277 g/mol. The Morgan fingerprint density at radius 2 is 2.38 bits per heavy atom. The average Bonchev–Trinajstić information content (AvgIpc) is 3.12. The molecule has 0 unspecified atom stereocenters. The van der Waals surface area contributed by atoms with E-state index in [0.717, 1.165) is 5.56 Å². The summed E-state index contributed by atoms with van der Waals surface area (Å²) in [5.41, 5.74) is 0.971. The summed E-state index contributed by atoms with van der Waals surface area (Å²) in [7, 11) is 0. The first-order valence-corrected chi connectivity index (χ1v) is 6.95. The van der Waals surface area contributed by atoms with Crippen LogP contribution < -0.4 is 0 Å². The summed E-state index contributed by atoms with van der Waals surface area (Å²) >= 11 is 0. The van der Waals surface area contributed by atoms with E-state index in [1.807, 2.05) is 6.20 Å². The lowest BCUT2D eigenvalue weighted by Crippen LogP contribution is -2.24. The predicted octanol–water partition coefficient (Wildman–Crippen LogP) is 0.852. The van der Waals surface area contributed by atoms with Gasteiger partial charge in [-0.1, -0.05) is 5.16 Å². The van der Waals surface area contributed by atoms with Crippen LogP contribution in [0.25, 0.3) is 0 Å². The van der Waals surface area contributed by atoms with Crippen LogP contribution in [0.3, 0.4) is 0 Å². The molecule has 1 aliphatic rings. The summed E-state index contributed by atoms with van der Waals surface area (Å²) in [6.07, 6.45) is 3.69. The van der Waals surface area contributed by atoms with E-state index in [4.69, 9.17) is 4.52 Å². The van der Waals surface area contributed by atoms with E-state index >= 15 is 0 Å².